The van der Waals surface area contributed by atoms with Crippen molar-refractivity contribution in [1.82, 2.24) is 30.3 Å². The molecule has 0 amide bonds. The van der Waals surface area contributed by atoms with Crippen molar-refractivity contribution in [3.8, 4) is 11.4 Å². The average molecular weight is 576 g/mol. The second-order valence-electron chi connectivity index (χ2n) is 11.2. The first-order valence-corrected chi connectivity index (χ1v) is 15.1. The topological polar surface area (TPSA) is 104 Å². The molecular formula is C27H35ClFN7O2S. The van der Waals surface area contributed by atoms with E-state index in [-0.39, 0.29) is 27.1 Å². The number of piperazine rings is 1. The summed E-state index contributed by atoms with van der Waals surface area (Å²) in [5.74, 6) is 0.514. The largest absolute Gasteiger partial charge is 0.315 e. The lowest BCUT2D eigenvalue weighted by atomic mass is 9.87. The minimum Gasteiger partial charge on any atom is -0.315 e. The number of hydrogen-bond donors (Lipinski definition) is 3. The predicted molar refractivity (Wildman–Crippen MR) is 151 cm³/mol. The molecule has 3 aromatic rings. The van der Waals surface area contributed by atoms with Crippen LogP contribution in [0.5, 0.6) is 0 Å². The molecule has 210 valence electrons. The minimum atomic E-state index is -4.03. The summed E-state index contributed by atoms with van der Waals surface area (Å²) in [5, 5.41) is 15.6. The maximum atomic E-state index is 14.7. The second-order valence-corrected chi connectivity index (χ2v) is 13.3. The molecule has 1 aromatic heterocycles. The van der Waals surface area contributed by atoms with Gasteiger partial charge in [-0.3, -0.25) is 9.62 Å². The monoisotopic (exact) mass is 575 g/mol. The third-order valence-corrected chi connectivity index (χ3v) is 8.99. The Bertz CT molecular complexity index is 1430. The summed E-state index contributed by atoms with van der Waals surface area (Å²) >= 11 is 6.22. The van der Waals surface area contributed by atoms with E-state index in [9.17, 15) is 12.8 Å². The number of anilines is 1. The summed E-state index contributed by atoms with van der Waals surface area (Å²) in [4.78, 5) is 2.39. The maximum absolute atomic E-state index is 14.7. The quantitative estimate of drug-likeness (QED) is 0.394. The van der Waals surface area contributed by atoms with Gasteiger partial charge >= 0.3 is 0 Å². The van der Waals surface area contributed by atoms with E-state index in [2.05, 4.69) is 55.8 Å². The van der Waals surface area contributed by atoms with Gasteiger partial charge in [0.15, 0.2) is 5.82 Å². The fourth-order valence-corrected chi connectivity index (χ4v) is 6.32. The molecule has 1 atom stereocenters. The van der Waals surface area contributed by atoms with Crippen LogP contribution in [-0.4, -0.2) is 67.4 Å². The molecule has 2 fully saturated rings. The number of halogens is 2. The standard InChI is InChI=1S/C27H35ClFN7O2S/c1-27(2,3)18-4-6-20(7-5-18)39(37,38)34-24-15-23(29)22(28)14-21(24)26-33-32-25(17-35-12-10-30-11-13-35)36(26)19-8-9-31-16-19/h4-7,14-15,19,30-31,34H,8-13,16-17H2,1-3H3/t19-/m0/s1. The smallest absolute Gasteiger partial charge is 0.261 e. The molecule has 12 heteroatoms. The number of benzene rings is 2. The number of sulfonamides is 1. The molecule has 9 nitrogen and oxygen atoms in total. The van der Waals surface area contributed by atoms with Gasteiger partial charge in [-0.15, -0.1) is 10.2 Å². The van der Waals surface area contributed by atoms with Gasteiger partial charge in [0.05, 0.1) is 28.2 Å². The Kier molecular flexibility index (Phi) is 7.98. The zero-order valence-electron chi connectivity index (χ0n) is 22.5. The molecule has 0 unspecified atom stereocenters. The minimum absolute atomic E-state index is 0.0603. The fourth-order valence-electron chi connectivity index (χ4n) is 5.08. The summed E-state index contributed by atoms with van der Waals surface area (Å²) in [6.07, 6.45) is 0.871. The van der Waals surface area contributed by atoms with Crippen molar-refractivity contribution < 1.29 is 12.8 Å². The van der Waals surface area contributed by atoms with Crippen LogP contribution in [0.3, 0.4) is 0 Å². The van der Waals surface area contributed by atoms with Crippen LogP contribution in [0, 0.1) is 5.82 Å². The summed E-state index contributed by atoms with van der Waals surface area (Å²) in [6.45, 7) is 12.0. The van der Waals surface area contributed by atoms with E-state index in [0.717, 1.165) is 63.1 Å². The summed E-state index contributed by atoms with van der Waals surface area (Å²) < 4.78 is 46.2. The molecule has 0 aliphatic carbocycles. The molecule has 2 aliphatic rings. The highest BCUT2D eigenvalue weighted by Crippen LogP contribution is 2.36. The van der Waals surface area contributed by atoms with Gasteiger partial charge in [0.2, 0.25) is 0 Å². The van der Waals surface area contributed by atoms with Crippen LogP contribution in [-0.2, 0) is 22.0 Å². The molecule has 0 saturated carbocycles. The predicted octanol–water partition coefficient (Wildman–Crippen LogP) is 3.78. The maximum Gasteiger partial charge on any atom is 0.261 e. The van der Waals surface area contributed by atoms with Crippen molar-refractivity contribution >= 4 is 27.3 Å². The highest BCUT2D eigenvalue weighted by atomic mass is 35.5. The first-order valence-electron chi connectivity index (χ1n) is 13.2. The van der Waals surface area contributed by atoms with Gasteiger partial charge in [-0.2, -0.15) is 0 Å². The molecule has 0 radical (unpaired) electrons. The molecule has 2 aromatic carbocycles. The Hall–Kier alpha value is -2.57. The molecular weight excluding hydrogens is 541 g/mol. The molecule has 5 rings (SSSR count). The third-order valence-electron chi connectivity index (χ3n) is 7.32. The van der Waals surface area contributed by atoms with Crippen LogP contribution in [0.15, 0.2) is 41.3 Å². The van der Waals surface area contributed by atoms with Crippen molar-refractivity contribution in [2.24, 2.45) is 0 Å². The van der Waals surface area contributed by atoms with E-state index in [1.165, 1.54) is 6.07 Å². The van der Waals surface area contributed by atoms with Crippen molar-refractivity contribution in [1.29, 1.82) is 0 Å². The number of nitrogens with one attached hydrogen (secondary N) is 3. The second kappa shape index (κ2) is 11.1. The van der Waals surface area contributed by atoms with Gasteiger partial charge in [0, 0.05) is 44.4 Å². The number of nitrogens with zero attached hydrogens (tertiary/aromatic N) is 4. The van der Waals surface area contributed by atoms with Crippen molar-refractivity contribution in [2.45, 2.75) is 50.1 Å². The van der Waals surface area contributed by atoms with E-state index in [0.29, 0.717) is 17.9 Å². The van der Waals surface area contributed by atoms with Crippen molar-refractivity contribution in [2.75, 3.05) is 44.0 Å². The van der Waals surface area contributed by atoms with E-state index in [1.807, 2.05) is 0 Å². The van der Waals surface area contributed by atoms with Crippen LogP contribution in [0.4, 0.5) is 10.1 Å². The Morgan fingerprint density at radius 2 is 1.79 bits per heavy atom. The molecule has 3 N–H and O–H groups in total. The van der Waals surface area contributed by atoms with Gasteiger partial charge in [0.25, 0.3) is 10.0 Å². The number of hydrogen-bond acceptors (Lipinski definition) is 7. The first-order chi connectivity index (χ1) is 18.5. The van der Waals surface area contributed by atoms with E-state index < -0.39 is 15.8 Å². The van der Waals surface area contributed by atoms with Crippen molar-refractivity contribution in [3.63, 3.8) is 0 Å². The summed E-state index contributed by atoms with van der Waals surface area (Å²) in [6, 6.07) is 9.33. The van der Waals surface area contributed by atoms with Crippen LogP contribution in [0.1, 0.15) is 44.6 Å². The van der Waals surface area contributed by atoms with Gasteiger partial charge in [-0.1, -0.05) is 44.5 Å². The Morgan fingerprint density at radius 1 is 1.08 bits per heavy atom. The molecule has 0 bridgehead atoms. The van der Waals surface area contributed by atoms with E-state index in [4.69, 9.17) is 11.6 Å². The van der Waals surface area contributed by atoms with Gasteiger partial charge in [0.1, 0.15) is 11.6 Å². The zero-order chi connectivity index (χ0) is 27.8. The highest BCUT2D eigenvalue weighted by Gasteiger charge is 2.29. The molecule has 2 aliphatic heterocycles. The zero-order valence-corrected chi connectivity index (χ0v) is 24.0. The highest BCUT2D eigenvalue weighted by molar-refractivity contribution is 7.92. The molecule has 2 saturated heterocycles. The lowest BCUT2D eigenvalue weighted by Crippen LogP contribution is -2.43. The fraction of sp³-hybridized carbons (Fsp3) is 0.481. The third kappa shape index (κ3) is 6.12. The molecule has 3 heterocycles. The summed E-state index contributed by atoms with van der Waals surface area (Å²) in [7, 11) is -4.03. The normalized spacial score (nSPS) is 18.9. The number of aromatic nitrogens is 3. The Balaban J connectivity index is 1.54. The average Bonchev–Trinajstić information content (AvgIpc) is 3.56. The van der Waals surface area contributed by atoms with Gasteiger partial charge < -0.3 is 15.2 Å². The SMILES string of the molecule is CC(C)(C)c1ccc(S(=O)(=O)Nc2cc(F)c(Cl)cc2-c2nnc(CN3CCNCC3)n2[C@H]2CCNC2)cc1. The van der Waals surface area contributed by atoms with Gasteiger partial charge in [-0.25, -0.2) is 12.8 Å². The van der Waals surface area contributed by atoms with E-state index in [1.54, 1.807) is 24.3 Å². The van der Waals surface area contributed by atoms with Crippen LogP contribution >= 0.6 is 11.6 Å². The first kappa shape index (κ1) is 28.0. The van der Waals surface area contributed by atoms with E-state index >= 15 is 0 Å². The lowest BCUT2D eigenvalue weighted by Gasteiger charge is -2.27. The lowest BCUT2D eigenvalue weighted by molar-refractivity contribution is 0.223. The van der Waals surface area contributed by atoms with Crippen molar-refractivity contribution in [3.05, 3.63) is 58.6 Å². The van der Waals surface area contributed by atoms with Crippen LogP contribution in [0.2, 0.25) is 5.02 Å². The van der Waals surface area contributed by atoms with Gasteiger partial charge in [-0.05, 0) is 42.1 Å². The Morgan fingerprint density at radius 3 is 2.44 bits per heavy atom. The molecule has 0 spiro atoms. The molecule has 39 heavy (non-hydrogen) atoms. The Labute approximate surface area is 234 Å². The van der Waals surface area contributed by atoms with Crippen LogP contribution in [0.25, 0.3) is 11.4 Å². The number of rotatable bonds is 7. The summed E-state index contributed by atoms with van der Waals surface area (Å²) in [5.41, 5.74) is 1.33. The van der Waals surface area contributed by atoms with Crippen LogP contribution < -0.4 is 15.4 Å².